The molecule has 0 radical (unpaired) electrons. The lowest BCUT2D eigenvalue weighted by Crippen LogP contribution is -2.18. The molecule has 1 N–H and O–H groups in total. The van der Waals surface area contributed by atoms with Crippen LogP contribution in [0.5, 0.6) is 0 Å². The maximum absolute atomic E-state index is 13.6. The lowest BCUT2D eigenvalue weighted by atomic mass is 9.88. The van der Waals surface area contributed by atoms with Gasteiger partial charge in [-0.15, -0.1) is 0 Å². The van der Waals surface area contributed by atoms with Gasteiger partial charge in [0.2, 0.25) is 0 Å². The third-order valence-electron chi connectivity index (χ3n) is 4.19. The summed E-state index contributed by atoms with van der Waals surface area (Å²) in [6.45, 7) is 0.932. The number of aryl methyl sites for hydroxylation is 1. The van der Waals surface area contributed by atoms with Crippen LogP contribution in [-0.4, -0.2) is 18.7 Å². The second-order valence-electron chi connectivity index (χ2n) is 5.52. The molecule has 4 rings (SSSR count). The number of nitrogens with zero attached hydrogens (tertiary/aromatic N) is 1. The van der Waals surface area contributed by atoms with Gasteiger partial charge in [0.25, 0.3) is 0 Å². The Balaban J connectivity index is 0.000000339. The molecular weight excluding hydrogens is 246 g/mol. The Labute approximate surface area is 111 Å². The number of benzene rings is 1. The quantitative estimate of drug-likeness (QED) is 0.773. The van der Waals surface area contributed by atoms with Crippen LogP contribution in [0.4, 0.5) is 8.78 Å². The molecule has 0 bridgehead atoms. The van der Waals surface area contributed by atoms with Crippen molar-refractivity contribution in [2.24, 2.45) is 0 Å². The number of halogens is 2. The highest BCUT2D eigenvalue weighted by molar-refractivity contribution is 5.86. The molecule has 2 aromatic rings. The topological polar surface area (TPSA) is 17.0 Å². The van der Waals surface area contributed by atoms with Crippen LogP contribution >= 0.6 is 0 Å². The standard InChI is InChI=1S/C13H11F2N.C2H7N/c14-10-7-9-12-8(11(10)15)1-5-16(12)6-4-13(9)2-3-13;1-3-2/h1,5,7H,2-4,6H2;3H,1-2H3. The van der Waals surface area contributed by atoms with Crippen molar-refractivity contribution >= 4 is 10.9 Å². The third kappa shape index (κ3) is 1.77. The summed E-state index contributed by atoms with van der Waals surface area (Å²) in [6, 6.07) is 3.11. The summed E-state index contributed by atoms with van der Waals surface area (Å²) >= 11 is 0. The Hall–Kier alpha value is -1.42. The summed E-state index contributed by atoms with van der Waals surface area (Å²) in [6.07, 6.45) is 5.18. The van der Waals surface area contributed by atoms with E-state index < -0.39 is 11.6 Å². The van der Waals surface area contributed by atoms with E-state index in [1.807, 2.05) is 20.3 Å². The van der Waals surface area contributed by atoms with E-state index in [1.54, 1.807) is 6.07 Å². The molecular formula is C15H18F2N2. The number of fused-ring (bicyclic) bond motifs is 1. The highest BCUT2D eigenvalue weighted by Gasteiger charge is 2.47. The van der Waals surface area contributed by atoms with Gasteiger partial charge in [-0.05, 0) is 56.5 Å². The third-order valence-corrected chi connectivity index (χ3v) is 4.19. The van der Waals surface area contributed by atoms with Crippen LogP contribution in [0.2, 0.25) is 0 Å². The minimum Gasteiger partial charge on any atom is -0.347 e. The molecule has 2 aliphatic rings. The number of nitrogens with one attached hydrogen (secondary N) is 1. The van der Waals surface area contributed by atoms with E-state index in [0.29, 0.717) is 5.39 Å². The molecule has 1 aliphatic heterocycles. The van der Waals surface area contributed by atoms with Crippen molar-refractivity contribution in [3.8, 4) is 0 Å². The minimum atomic E-state index is -0.701. The summed E-state index contributed by atoms with van der Waals surface area (Å²) in [7, 11) is 3.75. The fraction of sp³-hybridized carbons (Fsp3) is 0.467. The monoisotopic (exact) mass is 264 g/mol. The van der Waals surface area contributed by atoms with Gasteiger partial charge in [-0.25, -0.2) is 8.78 Å². The van der Waals surface area contributed by atoms with Gasteiger partial charge in [-0.1, -0.05) is 0 Å². The average molecular weight is 264 g/mol. The molecule has 2 nitrogen and oxygen atoms in total. The first-order valence-electron chi connectivity index (χ1n) is 6.69. The zero-order chi connectivity index (χ0) is 13.6. The van der Waals surface area contributed by atoms with E-state index in [9.17, 15) is 8.78 Å². The molecule has 1 fully saturated rings. The Morgan fingerprint density at radius 3 is 2.53 bits per heavy atom. The van der Waals surface area contributed by atoms with Crippen molar-refractivity contribution in [1.29, 1.82) is 0 Å². The maximum Gasteiger partial charge on any atom is 0.168 e. The molecule has 1 aliphatic carbocycles. The van der Waals surface area contributed by atoms with E-state index in [0.717, 1.165) is 36.9 Å². The van der Waals surface area contributed by atoms with Gasteiger partial charge in [0.05, 0.1) is 5.52 Å². The summed E-state index contributed by atoms with van der Waals surface area (Å²) in [5.41, 5.74) is 2.11. The Morgan fingerprint density at radius 2 is 1.89 bits per heavy atom. The molecule has 19 heavy (non-hydrogen) atoms. The van der Waals surface area contributed by atoms with Gasteiger partial charge in [-0.3, -0.25) is 0 Å². The van der Waals surface area contributed by atoms with Gasteiger partial charge >= 0.3 is 0 Å². The molecule has 1 saturated carbocycles. The van der Waals surface area contributed by atoms with Crippen LogP contribution in [0.3, 0.4) is 0 Å². The average Bonchev–Trinajstić information content (AvgIpc) is 3.02. The molecule has 102 valence electrons. The smallest absolute Gasteiger partial charge is 0.168 e. The fourth-order valence-electron chi connectivity index (χ4n) is 3.07. The first-order valence-corrected chi connectivity index (χ1v) is 6.69. The van der Waals surface area contributed by atoms with Crippen molar-refractivity contribution in [2.75, 3.05) is 14.1 Å². The van der Waals surface area contributed by atoms with Crippen molar-refractivity contribution in [1.82, 2.24) is 9.88 Å². The van der Waals surface area contributed by atoms with Crippen LogP contribution in [0.15, 0.2) is 18.3 Å². The molecule has 0 saturated heterocycles. The predicted molar refractivity (Wildman–Crippen MR) is 72.4 cm³/mol. The normalized spacial score (nSPS) is 18.3. The van der Waals surface area contributed by atoms with E-state index in [2.05, 4.69) is 9.88 Å². The highest BCUT2D eigenvalue weighted by atomic mass is 19.2. The Kier molecular flexibility index (Phi) is 2.86. The lowest BCUT2D eigenvalue weighted by molar-refractivity contribution is 0.494. The summed E-state index contributed by atoms with van der Waals surface area (Å²) in [4.78, 5) is 0. The van der Waals surface area contributed by atoms with Gasteiger partial charge in [0, 0.05) is 18.1 Å². The zero-order valence-corrected chi connectivity index (χ0v) is 11.3. The summed E-state index contributed by atoms with van der Waals surface area (Å²) in [5.74, 6) is -1.40. The first kappa shape index (κ1) is 12.6. The Bertz CT molecular complexity index is 627. The minimum absolute atomic E-state index is 0.168. The van der Waals surface area contributed by atoms with Gasteiger partial charge in [-0.2, -0.15) is 0 Å². The van der Waals surface area contributed by atoms with Crippen molar-refractivity contribution in [3.05, 3.63) is 35.5 Å². The van der Waals surface area contributed by atoms with Crippen LogP contribution in [0.25, 0.3) is 10.9 Å². The second kappa shape index (κ2) is 4.30. The van der Waals surface area contributed by atoms with Crippen LogP contribution in [0, 0.1) is 11.6 Å². The molecule has 0 unspecified atom stereocenters. The highest BCUT2D eigenvalue weighted by Crippen LogP contribution is 2.55. The fourth-order valence-corrected chi connectivity index (χ4v) is 3.07. The number of hydrogen-bond acceptors (Lipinski definition) is 1. The van der Waals surface area contributed by atoms with Crippen molar-refractivity contribution in [2.45, 2.75) is 31.2 Å². The molecule has 4 heteroatoms. The van der Waals surface area contributed by atoms with Crippen LogP contribution in [-0.2, 0) is 12.0 Å². The van der Waals surface area contributed by atoms with Crippen LogP contribution in [0.1, 0.15) is 24.8 Å². The van der Waals surface area contributed by atoms with Gasteiger partial charge in [0.1, 0.15) is 0 Å². The number of rotatable bonds is 0. The van der Waals surface area contributed by atoms with Crippen molar-refractivity contribution < 1.29 is 8.78 Å². The largest absolute Gasteiger partial charge is 0.347 e. The predicted octanol–water partition coefficient (Wildman–Crippen LogP) is 3.19. The van der Waals surface area contributed by atoms with E-state index in [-0.39, 0.29) is 5.41 Å². The molecule has 1 aromatic heterocycles. The number of aromatic nitrogens is 1. The lowest BCUT2D eigenvalue weighted by Gasteiger charge is -2.25. The van der Waals surface area contributed by atoms with Crippen molar-refractivity contribution in [3.63, 3.8) is 0 Å². The SMILES string of the molecule is CNC.Fc1cc2c3c(ccn3CCC23CC3)c1F. The zero-order valence-electron chi connectivity index (χ0n) is 11.3. The maximum atomic E-state index is 13.6. The van der Waals surface area contributed by atoms with E-state index in [1.165, 1.54) is 6.07 Å². The first-order chi connectivity index (χ1) is 9.13. The molecule has 1 aromatic carbocycles. The van der Waals surface area contributed by atoms with Gasteiger partial charge in [0.15, 0.2) is 11.6 Å². The Morgan fingerprint density at radius 1 is 1.21 bits per heavy atom. The molecule has 0 amide bonds. The van der Waals surface area contributed by atoms with E-state index in [4.69, 9.17) is 0 Å². The molecule has 0 atom stereocenters. The van der Waals surface area contributed by atoms with E-state index >= 15 is 0 Å². The summed E-state index contributed by atoms with van der Waals surface area (Å²) in [5, 5.41) is 3.20. The van der Waals surface area contributed by atoms with Gasteiger partial charge < -0.3 is 9.88 Å². The number of hydrogen-bond donors (Lipinski definition) is 1. The second-order valence-corrected chi connectivity index (χ2v) is 5.52. The molecule has 2 heterocycles. The van der Waals surface area contributed by atoms with Crippen LogP contribution < -0.4 is 5.32 Å². The molecule has 1 spiro atoms. The summed E-state index contributed by atoms with van der Waals surface area (Å²) < 4.78 is 29.2.